The highest BCUT2D eigenvalue weighted by atomic mass is 32.1. The van der Waals surface area contributed by atoms with Crippen LogP contribution in [0.15, 0.2) is 22.8 Å². The summed E-state index contributed by atoms with van der Waals surface area (Å²) < 4.78 is 5.17. The first-order valence-electron chi connectivity index (χ1n) is 8.09. The molecule has 2 heterocycles. The molecular formula is C16H25N5O2S. The molecule has 0 aliphatic rings. The van der Waals surface area contributed by atoms with Gasteiger partial charge >= 0.3 is 6.03 Å². The molecule has 2 amide bonds. The largest absolute Gasteiger partial charge is 0.467 e. The van der Waals surface area contributed by atoms with E-state index in [4.69, 9.17) is 4.42 Å². The Labute approximate surface area is 146 Å². The SMILES string of the molecule is CC(C)CN(CC(C)C)c1nnc(NC(=O)NCc2ccco2)s1. The highest BCUT2D eigenvalue weighted by Crippen LogP contribution is 2.25. The third kappa shape index (κ3) is 5.84. The third-order valence-corrected chi connectivity index (χ3v) is 3.98. The predicted molar refractivity (Wildman–Crippen MR) is 96.4 cm³/mol. The zero-order valence-corrected chi connectivity index (χ0v) is 15.4. The second-order valence-electron chi connectivity index (χ2n) is 6.47. The molecule has 0 unspecified atom stereocenters. The van der Waals surface area contributed by atoms with Gasteiger partial charge in [-0.2, -0.15) is 0 Å². The van der Waals surface area contributed by atoms with Crippen LogP contribution in [-0.2, 0) is 6.54 Å². The second kappa shape index (κ2) is 8.68. The molecule has 0 bridgehead atoms. The minimum absolute atomic E-state index is 0.326. The molecular weight excluding hydrogens is 326 g/mol. The van der Waals surface area contributed by atoms with Crippen molar-refractivity contribution in [2.75, 3.05) is 23.3 Å². The van der Waals surface area contributed by atoms with Crippen LogP contribution < -0.4 is 15.5 Å². The van der Waals surface area contributed by atoms with E-state index in [1.165, 1.54) is 11.3 Å². The first kappa shape index (κ1) is 18.3. The normalized spacial score (nSPS) is 11.1. The number of nitrogens with zero attached hydrogens (tertiary/aromatic N) is 3. The molecule has 0 fully saturated rings. The second-order valence-corrected chi connectivity index (χ2v) is 7.43. The van der Waals surface area contributed by atoms with Gasteiger partial charge in [0.25, 0.3) is 0 Å². The molecule has 7 nitrogen and oxygen atoms in total. The lowest BCUT2D eigenvalue weighted by Crippen LogP contribution is -2.31. The molecule has 2 rings (SSSR count). The average molecular weight is 351 g/mol. The Morgan fingerprint density at radius 3 is 2.54 bits per heavy atom. The van der Waals surface area contributed by atoms with Gasteiger partial charge in [0.05, 0.1) is 12.8 Å². The number of carbonyl (C=O) groups excluding carboxylic acids is 1. The Balaban J connectivity index is 1.91. The molecule has 8 heteroatoms. The van der Waals surface area contributed by atoms with E-state index in [9.17, 15) is 4.79 Å². The number of amides is 2. The van der Waals surface area contributed by atoms with E-state index in [-0.39, 0.29) is 6.03 Å². The fourth-order valence-corrected chi connectivity index (χ4v) is 2.99. The minimum Gasteiger partial charge on any atom is -0.467 e. The summed E-state index contributed by atoms with van der Waals surface area (Å²) in [4.78, 5) is 14.1. The van der Waals surface area contributed by atoms with Crippen molar-refractivity contribution in [1.82, 2.24) is 15.5 Å². The van der Waals surface area contributed by atoms with E-state index in [0.29, 0.717) is 29.3 Å². The van der Waals surface area contributed by atoms with Gasteiger partial charge < -0.3 is 14.6 Å². The van der Waals surface area contributed by atoms with Crippen LogP contribution in [0.1, 0.15) is 33.5 Å². The molecule has 0 aromatic carbocycles. The highest BCUT2D eigenvalue weighted by Gasteiger charge is 2.16. The van der Waals surface area contributed by atoms with E-state index < -0.39 is 0 Å². The maximum atomic E-state index is 11.9. The van der Waals surface area contributed by atoms with Crippen LogP contribution in [0.4, 0.5) is 15.1 Å². The fraction of sp³-hybridized carbons (Fsp3) is 0.562. The highest BCUT2D eigenvalue weighted by molar-refractivity contribution is 7.19. The van der Waals surface area contributed by atoms with Crippen LogP contribution in [0.5, 0.6) is 0 Å². The zero-order chi connectivity index (χ0) is 17.5. The molecule has 0 atom stereocenters. The number of hydrogen-bond acceptors (Lipinski definition) is 6. The minimum atomic E-state index is -0.326. The molecule has 0 aliphatic heterocycles. The molecule has 2 aromatic rings. The van der Waals surface area contributed by atoms with Crippen molar-refractivity contribution in [3.05, 3.63) is 24.2 Å². The van der Waals surface area contributed by atoms with E-state index in [2.05, 4.69) is 53.4 Å². The van der Waals surface area contributed by atoms with Gasteiger partial charge in [0.2, 0.25) is 10.3 Å². The summed E-state index contributed by atoms with van der Waals surface area (Å²) in [5.74, 6) is 1.75. The zero-order valence-electron chi connectivity index (χ0n) is 14.6. The topological polar surface area (TPSA) is 83.3 Å². The Morgan fingerprint density at radius 2 is 1.96 bits per heavy atom. The molecule has 24 heavy (non-hydrogen) atoms. The van der Waals surface area contributed by atoms with E-state index in [0.717, 1.165) is 18.2 Å². The van der Waals surface area contributed by atoms with E-state index in [1.807, 2.05) is 0 Å². The van der Waals surface area contributed by atoms with Crippen molar-refractivity contribution in [3.8, 4) is 0 Å². The predicted octanol–water partition coefficient (Wildman–Crippen LogP) is 3.57. The Hall–Kier alpha value is -2.09. The maximum absolute atomic E-state index is 11.9. The van der Waals surface area contributed by atoms with Crippen LogP contribution >= 0.6 is 11.3 Å². The first-order chi connectivity index (χ1) is 11.4. The van der Waals surface area contributed by atoms with Crippen LogP contribution in [0.2, 0.25) is 0 Å². The summed E-state index contributed by atoms with van der Waals surface area (Å²) in [7, 11) is 0. The number of aromatic nitrogens is 2. The van der Waals surface area contributed by atoms with E-state index >= 15 is 0 Å². The number of carbonyl (C=O) groups is 1. The number of hydrogen-bond donors (Lipinski definition) is 2. The van der Waals surface area contributed by atoms with Gasteiger partial charge in [0, 0.05) is 13.1 Å². The summed E-state index contributed by atoms with van der Waals surface area (Å²) in [6.07, 6.45) is 1.57. The van der Waals surface area contributed by atoms with Crippen molar-refractivity contribution < 1.29 is 9.21 Å². The lowest BCUT2D eigenvalue weighted by atomic mass is 10.1. The van der Waals surface area contributed by atoms with Crippen molar-refractivity contribution in [2.24, 2.45) is 11.8 Å². The summed E-state index contributed by atoms with van der Waals surface area (Å²) in [6, 6.07) is 3.26. The van der Waals surface area contributed by atoms with Crippen molar-refractivity contribution >= 4 is 27.6 Å². The molecule has 132 valence electrons. The van der Waals surface area contributed by atoms with Gasteiger partial charge in [0.15, 0.2) is 0 Å². The quantitative estimate of drug-likeness (QED) is 0.759. The molecule has 2 aromatic heterocycles. The van der Waals surface area contributed by atoms with Gasteiger partial charge in [-0.3, -0.25) is 5.32 Å². The number of anilines is 2. The standard InChI is InChI=1S/C16H25N5O2S/c1-11(2)9-21(10-12(3)4)16-20-19-15(24-16)18-14(22)17-8-13-6-5-7-23-13/h5-7,11-12H,8-10H2,1-4H3,(H2,17,18,19,22). The smallest absolute Gasteiger partial charge is 0.321 e. The first-order valence-corrected chi connectivity index (χ1v) is 8.91. The lowest BCUT2D eigenvalue weighted by molar-refractivity contribution is 0.251. The lowest BCUT2D eigenvalue weighted by Gasteiger charge is -2.25. The maximum Gasteiger partial charge on any atom is 0.321 e. The van der Waals surface area contributed by atoms with Gasteiger partial charge in [0.1, 0.15) is 5.76 Å². The summed E-state index contributed by atoms with van der Waals surface area (Å²) in [6.45, 7) is 10.9. The number of furan rings is 1. The fourth-order valence-electron chi connectivity index (χ4n) is 2.23. The molecule has 0 spiro atoms. The molecule has 0 saturated heterocycles. The van der Waals surface area contributed by atoms with Gasteiger partial charge in [-0.25, -0.2) is 4.79 Å². The number of urea groups is 1. The Morgan fingerprint density at radius 1 is 1.25 bits per heavy atom. The van der Waals surface area contributed by atoms with Gasteiger partial charge in [-0.05, 0) is 24.0 Å². The van der Waals surface area contributed by atoms with Crippen molar-refractivity contribution in [1.29, 1.82) is 0 Å². The van der Waals surface area contributed by atoms with Gasteiger partial charge in [-0.15, -0.1) is 10.2 Å². The van der Waals surface area contributed by atoms with E-state index in [1.54, 1.807) is 18.4 Å². The molecule has 0 aliphatic carbocycles. The third-order valence-electron chi connectivity index (χ3n) is 3.08. The van der Waals surface area contributed by atoms with Crippen LogP contribution in [0.3, 0.4) is 0 Å². The summed E-state index contributed by atoms with van der Waals surface area (Å²) >= 11 is 1.38. The number of rotatable bonds is 8. The average Bonchev–Trinajstić information content (AvgIpc) is 3.15. The van der Waals surface area contributed by atoms with Gasteiger partial charge in [-0.1, -0.05) is 39.0 Å². The van der Waals surface area contributed by atoms with Crippen LogP contribution in [0.25, 0.3) is 0 Å². The van der Waals surface area contributed by atoms with Crippen molar-refractivity contribution in [2.45, 2.75) is 34.2 Å². The Kier molecular flexibility index (Phi) is 6.60. The Bertz CT molecular complexity index is 614. The summed E-state index contributed by atoms with van der Waals surface area (Å²) in [5, 5.41) is 15.0. The monoisotopic (exact) mass is 351 g/mol. The molecule has 0 saturated carbocycles. The van der Waals surface area contributed by atoms with Crippen LogP contribution in [0, 0.1) is 11.8 Å². The van der Waals surface area contributed by atoms with Crippen molar-refractivity contribution in [3.63, 3.8) is 0 Å². The van der Waals surface area contributed by atoms with Crippen LogP contribution in [-0.4, -0.2) is 29.3 Å². The number of nitrogens with one attached hydrogen (secondary N) is 2. The molecule has 2 N–H and O–H groups in total. The molecule has 0 radical (unpaired) electrons. The summed E-state index contributed by atoms with van der Waals surface area (Å²) in [5.41, 5.74) is 0.